The molecule has 1 atom stereocenters. The standard InChI is InChI=1S/C27H38ClN3O3Si/c1-17-20(12-14-22-24(17)29-30-31(22)7)23(27(5,6)25(32)33-8)18-11-13-21(28)19(15-18)16-34-35(9,10)26(2,3)4/h11-15,23H,16H2,1-10H3. The maximum Gasteiger partial charge on any atom is 0.312 e. The molecule has 0 bridgehead atoms. The number of fused-ring (bicyclic) bond motifs is 1. The first-order valence-electron chi connectivity index (χ1n) is 11.9. The van der Waals surface area contributed by atoms with Gasteiger partial charge in [0.2, 0.25) is 0 Å². The number of rotatable bonds is 7. The van der Waals surface area contributed by atoms with Crippen LogP contribution in [0.3, 0.4) is 0 Å². The highest BCUT2D eigenvalue weighted by molar-refractivity contribution is 6.74. The SMILES string of the molecule is COC(=O)C(C)(C)C(c1ccc(Cl)c(CO[Si](C)(C)C(C)(C)C)c1)c1ccc2c(nnn2C)c1C. The molecule has 1 aromatic heterocycles. The molecular weight excluding hydrogens is 478 g/mol. The van der Waals surface area contributed by atoms with Crippen molar-refractivity contribution >= 4 is 36.9 Å². The Balaban J connectivity index is 2.15. The van der Waals surface area contributed by atoms with Gasteiger partial charge in [0.15, 0.2) is 8.32 Å². The molecule has 0 spiro atoms. The van der Waals surface area contributed by atoms with Crippen molar-refractivity contribution in [3.63, 3.8) is 0 Å². The van der Waals surface area contributed by atoms with Crippen molar-refractivity contribution in [2.75, 3.05) is 7.11 Å². The van der Waals surface area contributed by atoms with E-state index >= 15 is 0 Å². The van der Waals surface area contributed by atoms with Crippen LogP contribution in [0.4, 0.5) is 0 Å². The van der Waals surface area contributed by atoms with Gasteiger partial charge in [-0.3, -0.25) is 4.79 Å². The summed E-state index contributed by atoms with van der Waals surface area (Å²) in [5.74, 6) is -0.569. The number of carbonyl (C=O) groups is 1. The van der Waals surface area contributed by atoms with E-state index in [-0.39, 0.29) is 16.9 Å². The Morgan fingerprint density at radius 1 is 1.14 bits per heavy atom. The summed E-state index contributed by atoms with van der Waals surface area (Å²) in [6.07, 6.45) is 0. The number of esters is 1. The number of nitrogens with zero attached hydrogens (tertiary/aromatic N) is 3. The van der Waals surface area contributed by atoms with Crippen molar-refractivity contribution in [3.8, 4) is 0 Å². The molecule has 190 valence electrons. The minimum absolute atomic E-state index is 0.0930. The molecule has 0 aliphatic carbocycles. The zero-order valence-corrected chi connectivity index (χ0v) is 24.4. The lowest BCUT2D eigenvalue weighted by Crippen LogP contribution is -2.40. The Kier molecular flexibility index (Phi) is 7.56. The van der Waals surface area contributed by atoms with Gasteiger partial charge in [0.05, 0.1) is 24.6 Å². The Bertz CT molecular complexity index is 1240. The van der Waals surface area contributed by atoms with Crippen molar-refractivity contribution < 1.29 is 14.0 Å². The molecule has 0 amide bonds. The third-order valence-electron chi connectivity index (χ3n) is 7.62. The summed E-state index contributed by atoms with van der Waals surface area (Å²) >= 11 is 6.63. The van der Waals surface area contributed by atoms with E-state index in [9.17, 15) is 4.79 Å². The van der Waals surface area contributed by atoms with Gasteiger partial charge in [0.1, 0.15) is 5.52 Å². The second-order valence-electron chi connectivity index (χ2n) is 11.4. The van der Waals surface area contributed by atoms with E-state index in [0.29, 0.717) is 11.6 Å². The lowest BCUT2D eigenvalue weighted by molar-refractivity contribution is -0.151. The van der Waals surface area contributed by atoms with Gasteiger partial charge >= 0.3 is 5.97 Å². The van der Waals surface area contributed by atoms with E-state index in [4.69, 9.17) is 20.8 Å². The molecule has 0 N–H and O–H groups in total. The number of carbonyl (C=O) groups excluding carboxylic acids is 1. The zero-order chi connectivity index (χ0) is 26.3. The van der Waals surface area contributed by atoms with Crippen LogP contribution in [0.25, 0.3) is 11.0 Å². The van der Waals surface area contributed by atoms with E-state index < -0.39 is 13.7 Å². The molecule has 35 heavy (non-hydrogen) atoms. The fourth-order valence-electron chi connectivity index (χ4n) is 4.29. The van der Waals surface area contributed by atoms with Crippen molar-refractivity contribution in [1.82, 2.24) is 15.0 Å². The highest BCUT2D eigenvalue weighted by Crippen LogP contribution is 2.45. The molecule has 0 radical (unpaired) electrons. The van der Waals surface area contributed by atoms with Crippen molar-refractivity contribution in [2.45, 2.75) is 72.2 Å². The molecule has 8 heteroatoms. The minimum atomic E-state index is -1.97. The van der Waals surface area contributed by atoms with Crippen molar-refractivity contribution in [3.05, 3.63) is 57.6 Å². The fraction of sp³-hybridized carbons (Fsp3) is 0.519. The first-order chi connectivity index (χ1) is 16.1. The molecule has 3 aromatic rings. The minimum Gasteiger partial charge on any atom is -0.469 e. The van der Waals surface area contributed by atoms with Crippen LogP contribution >= 0.6 is 11.6 Å². The summed E-state index contributed by atoms with van der Waals surface area (Å²) in [5, 5.41) is 9.30. The monoisotopic (exact) mass is 515 g/mol. The van der Waals surface area contributed by atoms with E-state index in [1.807, 2.05) is 46.0 Å². The molecule has 0 saturated carbocycles. The molecule has 6 nitrogen and oxygen atoms in total. The van der Waals surface area contributed by atoms with Gasteiger partial charge in [-0.25, -0.2) is 4.68 Å². The number of ether oxygens (including phenoxy) is 1. The average molecular weight is 516 g/mol. The van der Waals surface area contributed by atoms with Crippen LogP contribution < -0.4 is 0 Å². The number of benzene rings is 2. The second-order valence-corrected chi connectivity index (χ2v) is 16.6. The quantitative estimate of drug-likeness (QED) is 0.256. The first-order valence-corrected chi connectivity index (χ1v) is 15.2. The van der Waals surface area contributed by atoms with Gasteiger partial charge in [0, 0.05) is 18.0 Å². The predicted molar refractivity (Wildman–Crippen MR) is 144 cm³/mol. The van der Waals surface area contributed by atoms with Crippen LogP contribution in [0, 0.1) is 12.3 Å². The van der Waals surface area contributed by atoms with E-state index in [1.165, 1.54) is 7.11 Å². The largest absolute Gasteiger partial charge is 0.469 e. The van der Waals surface area contributed by atoms with Gasteiger partial charge in [-0.1, -0.05) is 55.8 Å². The maximum atomic E-state index is 13.0. The Labute approximate surface area is 215 Å². The second kappa shape index (κ2) is 9.68. The summed E-state index contributed by atoms with van der Waals surface area (Å²) in [6, 6.07) is 10.0. The van der Waals surface area contributed by atoms with Crippen LogP contribution in [0.2, 0.25) is 23.2 Å². The summed E-state index contributed by atoms with van der Waals surface area (Å²) in [5.41, 5.74) is 4.81. The molecule has 0 aliphatic rings. The molecule has 0 fully saturated rings. The smallest absolute Gasteiger partial charge is 0.312 e. The number of methoxy groups -OCH3 is 1. The molecule has 0 aliphatic heterocycles. The average Bonchev–Trinajstić information content (AvgIpc) is 3.15. The molecular formula is C27H38ClN3O3Si. The Morgan fingerprint density at radius 2 is 1.80 bits per heavy atom. The van der Waals surface area contributed by atoms with Gasteiger partial charge in [0.25, 0.3) is 0 Å². The molecule has 1 heterocycles. The lowest BCUT2D eigenvalue weighted by Gasteiger charge is -2.36. The lowest BCUT2D eigenvalue weighted by atomic mass is 9.70. The summed E-state index contributed by atoms with van der Waals surface area (Å²) in [6.45, 7) is 17.4. The number of aryl methyl sites for hydroxylation is 2. The topological polar surface area (TPSA) is 66.2 Å². The number of aromatic nitrogens is 3. The van der Waals surface area contributed by atoms with Crippen LogP contribution in [-0.4, -0.2) is 36.4 Å². The third-order valence-corrected chi connectivity index (χ3v) is 12.5. The fourth-order valence-corrected chi connectivity index (χ4v) is 5.41. The first kappa shape index (κ1) is 27.4. The van der Waals surface area contributed by atoms with Crippen molar-refractivity contribution in [2.24, 2.45) is 12.5 Å². The van der Waals surface area contributed by atoms with Crippen LogP contribution in [-0.2, 0) is 27.6 Å². The number of halogens is 1. The zero-order valence-electron chi connectivity index (χ0n) is 22.6. The molecule has 1 unspecified atom stereocenters. The molecule has 3 rings (SSSR count). The highest BCUT2D eigenvalue weighted by atomic mass is 35.5. The predicted octanol–water partition coefficient (Wildman–Crippen LogP) is 6.78. The van der Waals surface area contributed by atoms with Crippen molar-refractivity contribution in [1.29, 1.82) is 0 Å². The van der Waals surface area contributed by atoms with Gasteiger partial charge in [-0.05, 0) is 73.3 Å². The maximum absolute atomic E-state index is 13.0. The molecule has 0 saturated heterocycles. The number of hydrogen-bond acceptors (Lipinski definition) is 5. The Morgan fingerprint density at radius 3 is 2.40 bits per heavy atom. The van der Waals surface area contributed by atoms with E-state index in [1.54, 1.807) is 4.68 Å². The summed E-state index contributed by atoms with van der Waals surface area (Å²) in [4.78, 5) is 13.0. The Hall–Kier alpha value is -2.22. The normalized spacial score (nSPS) is 13.8. The van der Waals surface area contributed by atoms with Gasteiger partial charge < -0.3 is 9.16 Å². The van der Waals surface area contributed by atoms with Gasteiger partial charge in [-0.2, -0.15) is 0 Å². The highest BCUT2D eigenvalue weighted by Gasteiger charge is 2.41. The molecule has 2 aromatic carbocycles. The third kappa shape index (κ3) is 5.18. The van der Waals surface area contributed by atoms with Crippen LogP contribution in [0.1, 0.15) is 62.8 Å². The van der Waals surface area contributed by atoms with E-state index in [0.717, 1.165) is 33.3 Å². The van der Waals surface area contributed by atoms with Crippen LogP contribution in [0.15, 0.2) is 30.3 Å². The van der Waals surface area contributed by atoms with Gasteiger partial charge in [-0.15, -0.1) is 5.10 Å². The van der Waals surface area contributed by atoms with Crippen LogP contribution in [0.5, 0.6) is 0 Å². The summed E-state index contributed by atoms with van der Waals surface area (Å²) < 4.78 is 13.5. The summed E-state index contributed by atoms with van der Waals surface area (Å²) in [7, 11) is 1.34. The number of hydrogen-bond donors (Lipinski definition) is 0. The van der Waals surface area contributed by atoms with E-state index in [2.05, 4.69) is 56.3 Å².